The highest BCUT2D eigenvalue weighted by Gasteiger charge is 2.18. The second-order valence-corrected chi connectivity index (χ2v) is 9.50. The molecule has 0 bridgehead atoms. The molecule has 0 aliphatic rings. The standard InChI is InChI=1S/C14H22O3S2/c1-5-18(15)10-11-19(16,17)13-8-6-12(7-9-13)14(2,3)4/h6-9H,5,10-11H2,1-4H3. The van der Waals surface area contributed by atoms with Crippen molar-refractivity contribution in [3.63, 3.8) is 0 Å². The van der Waals surface area contributed by atoms with E-state index < -0.39 is 20.6 Å². The maximum absolute atomic E-state index is 12.1. The Morgan fingerprint density at radius 2 is 1.63 bits per heavy atom. The molecule has 0 saturated heterocycles. The third-order valence-electron chi connectivity index (χ3n) is 2.98. The van der Waals surface area contributed by atoms with E-state index >= 15 is 0 Å². The largest absolute Gasteiger partial charge is 0.260 e. The van der Waals surface area contributed by atoms with Crippen LogP contribution in [0.25, 0.3) is 0 Å². The Hall–Kier alpha value is -0.680. The van der Waals surface area contributed by atoms with Crippen LogP contribution in [-0.2, 0) is 26.1 Å². The Labute approximate surface area is 118 Å². The zero-order valence-corrected chi connectivity index (χ0v) is 13.6. The van der Waals surface area contributed by atoms with E-state index in [1.54, 1.807) is 19.1 Å². The van der Waals surface area contributed by atoms with Gasteiger partial charge in [-0.05, 0) is 23.1 Å². The van der Waals surface area contributed by atoms with Gasteiger partial charge in [0.1, 0.15) is 0 Å². The van der Waals surface area contributed by atoms with Crippen molar-refractivity contribution >= 4 is 20.6 Å². The minimum absolute atomic E-state index is 0.00595. The molecular formula is C14H22O3S2. The summed E-state index contributed by atoms with van der Waals surface area (Å²) in [6.45, 7) is 8.05. The number of benzene rings is 1. The highest BCUT2D eigenvalue weighted by Crippen LogP contribution is 2.23. The van der Waals surface area contributed by atoms with Crippen molar-refractivity contribution in [2.24, 2.45) is 0 Å². The van der Waals surface area contributed by atoms with Crippen LogP contribution in [0, 0.1) is 0 Å². The van der Waals surface area contributed by atoms with Gasteiger partial charge in [0, 0.05) is 22.3 Å². The molecule has 5 heteroatoms. The summed E-state index contributed by atoms with van der Waals surface area (Å²) in [6, 6.07) is 6.99. The number of hydrogen-bond donors (Lipinski definition) is 0. The normalized spacial score (nSPS) is 14.3. The molecule has 0 amide bonds. The van der Waals surface area contributed by atoms with Gasteiger partial charge in [-0.3, -0.25) is 4.21 Å². The minimum Gasteiger partial charge on any atom is -0.260 e. The quantitative estimate of drug-likeness (QED) is 0.840. The minimum atomic E-state index is -3.32. The van der Waals surface area contributed by atoms with Gasteiger partial charge in [0.2, 0.25) is 0 Å². The fourth-order valence-corrected chi connectivity index (χ4v) is 4.32. The maximum Gasteiger partial charge on any atom is 0.179 e. The third-order valence-corrected chi connectivity index (χ3v) is 6.27. The number of rotatable bonds is 5. The van der Waals surface area contributed by atoms with Crippen molar-refractivity contribution in [3.8, 4) is 0 Å². The van der Waals surface area contributed by atoms with Gasteiger partial charge in [-0.15, -0.1) is 0 Å². The molecule has 0 aliphatic carbocycles. The Morgan fingerprint density at radius 1 is 1.11 bits per heavy atom. The van der Waals surface area contributed by atoms with E-state index in [0.29, 0.717) is 10.6 Å². The first kappa shape index (κ1) is 16.4. The fourth-order valence-electron chi connectivity index (χ4n) is 1.63. The first-order valence-corrected chi connectivity index (χ1v) is 9.49. The van der Waals surface area contributed by atoms with E-state index in [9.17, 15) is 12.6 Å². The first-order chi connectivity index (χ1) is 8.66. The molecule has 108 valence electrons. The monoisotopic (exact) mass is 302 g/mol. The highest BCUT2D eigenvalue weighted by molar-refractivity contribution is 7.93. The van der Waals surface area contributed by atoms with Gasteiger partial charge in [0.05, 0.1) is 10.6 Å². The second-order valence-electron chi connectivity index (χ2n) is 5.53. The summed E-state index contributed by atoms with van der Waals surface area (Å²) in [6.07, 6.45) is 0. The van der Waals surface area contributed by atoms with Gasteiger partial charge in [0.15, 0.2) is 9.84 Å². The number of hydrogen-bond acceptors (Lipinski definition) is 3. The summed E-state index contributed by atoms with van der Waals surface area (Å²) in [5, 5.41) is 0. The molecule has 0 fully saturated rings. The molecular weight excluding hydrogens is 280 g/mol. The summed E-state index contributed by atoms with van der Waals surface area (Å²) in [7, 11) is -4.37. The van der Waals surface area contributed by atoms with Crippen LogP contribution in [0.2, 0.25) is 0 Å². The van der Waals surface area contributed by atoms with E-state index in [4.69, 9.17) is 0 Å². The lowest BCUT2D eigenvalue weighted by atomic mass is 9.87. The second kappa shape index (κ2) is 6.18. The zero-order valence-electron chi connectivity index (χ0n) is 12.0. The van der Waals surface area contributed by atoms with Crippen molar-refractivity contribution in [2.75, 3.05) is 17.3 Å². The van der Waals surface area contributed by atoms with Crippen LogP contribution in [0.1, 0.15) is 33.3 Å². The lowest BCUT2D eigenvalue weighted by Crippen LogP contribution is -2.15. The Kier molecular flexibility index (Phi) is 5.33. The van der Waals surface area contributed by atoms with Crippen molar-refractivity contribution < 1.29 is 12.6 Å². The average Bonchev–Trinajstić information content (AvgIpc) is 2.35. The van der Waals surface area contributed by atoms with Crippen molar-refractivity contribution in [2.45, 2.75) is 38.0 Å². The molecule has 0 radical (unpaired) electrons. The Balaban J connectivity index is 2.88. The van der Waals surface area contributed by atoms with Crippen LogP contribution in [0.4, 0.5) is 0 Å². The molecule has 0 heterocycles. The summed E-state index contributed by atoms with van der Waals surface area (Å²) in [5.41, 5.74) is 1.11. The zero-order chi connectivity index (χ0) is 14.7. The van der Waals surface area contributed by atoms with Crippen molar-refractivity contribution in [1.29, 1.82) is 0 Å². The molecule has 3 nitrogen and oxygen atoms in total. The molecule has 19 heavy (non-hydrogen) atoms. The summed E-state index contributed by atoms with van der Waals surface area (Å²) in [5.74, 6) is 0.653. The summed E-state index contributed by atoms with van der Waals surface area (Å²) >= 11 is 0. The van der Waals surface area contributed by atoms with Crippen LogP contribution in [0.3, 0.4) is 0 Å². The predicted molar refractivity (Wildman–Crippen MR) is 80.7 cm³/mol. The molecule has 0 spiro atoms. The molecule has 0 aliphatic heterocycles. The fraction of sp³-hybridized carbons (Fsp3) is 0.571. The molecule has 1 rings (SSSR count). The Morgan fingerprint density at radius 3 is 2.05 bits per heavy atom. The van der Waals surface area contributed by atoms with Gasteiger partial charge in [0.25, 0.3) is 0 Å². The molecule has 0 N–H and O–H groups in total. The van der Waals surface area contributed by atoms with Gasteiger partial charge in [-0.1, -0.05) is 39.8 Å². The molecule has 1 unspecified atom stereocenters. The summed E-state index contributed by atoms with van der Waals surface area (Å²) in [4.78, 5) is 0.314. The van der Waals surface area contributed by atoms with E-state index in [2.05, 4.69) is 20.8 Å². The molecule has 0 saturated carbocycles. The molecule has 1 aromatic carbocycles. The van der Waals surface area contributed by atoms with Crippen LogP contribution < -0.4 is 0 Å². The predicted octanol–water partition coefficient (Wildman–Crippen LogP) is 2.53. The van der Waals surface area contributed by atoms with Crippen LogP contribution in [-0.4, -0.2) is 29.9 Å². The molecule has 0 aromatic heterocycles. The smallest absolute Gasteiger partial charge is 0.179 e. The van der Waals surface area contributed by atoms with Crippen LogP contribution >= 0.6 is 0 Å². The lowest BCUT2D eigenvalue weighted by molar-refractivity contribution is 0.586. The molecule has 1 aromatic rings. The van der Waals surface area contributed by atoms with Gasteiger partial charge in [-0.25, -0.2) is 8.42 Å². The van der Waals surface area contributed by atoms with Gasteiger partial charge in [-0.2, -0.15) is 0 Å². The van der Waals surface area contributed by atoms with Gasteiger partial charge < -0.3 is 0 Å². The SMILES string of the molecule is CCS(=O)CCS(=O)(=O)c1ccc(C(C)(C)C)cc1. The molecule has 1 atom stereocenters. The van der Waals surface area contributed by atoms with Crippen LogP contribution in [0.15, 0.2) is 29.2 Å². The van der Waals surface area contributed by atoms with Crippen molar-refractivity contribution in [3.05, 3.63) is 29.8 Å². The highest BCUT2D eigenvalue weighted by atomic mass is 32.2. The topological polar surface area (TPSA) is 51.2 Å². The van der Waals surface area contributed by atoms with Gasteiger partial charge >= 0.3 is 0 Å². The van der Waals surface area contributed by atoms with E-state index in [1.807, 2.05) is 12.1 Å². The average molecular weight is 302 g/mol. The van der Waals surface area contributed by atoms with Crippen molar-refractivity contribution in [1.82, 2.24) is 0 Å². The lowest BCUT2D eigenvalue weighted by Gasteiger charge is -2.19. The summed E-state index contributed by atoms with van der Waals surface area (Å²) < 4.78 is 35.5. The van der Waals surface area contributed by atoms with E-state index in [-0.39, 0.29) is 16.9 Å². The maximum atomic E-state index is 12.1. The first-order valence-electron chi connectivity index (χ1n) is 6.35. The van der Waals surface area contributed by atoms with Crippen LogP contribution in [0.5, 0.6) is 0 Å². The van der Waals surface area contributed by atoms with E-state index in [0.717, 1.165) is 5.56 Å². The van der Waals surface area contributed by atoms with E-state index in [1.165, 1.54) is 0 Å². The Bertz CT molecular complexity index is 537. The third kappa shape index (κ3) is 4.73. The number of sulfone groups is 1.